The van der Waals surface area contributed by atoms with Crippen LogP contribution in [0.5, 0.6) is 0 Å². The SMILES string of the molecule is CCCn1nccc1C(=O)NCCc1c[nH]c2cc(F)c(Cl)cc12. The van der Waals surface area contributed by atoms with E-state index in [4.69, 9.17) is 11.6 Å². The van der Waals surface area contributed by atoms with Crippen molar-refractivity contribution in [2.75, 3.05) is 6.54 Å². The van der Waals surface area contributed by atoms with E-state index in [1.54, 1.807) is 23.0 Å². The predicted octanol–water partition coefficient (Wildman–Crippen LogP) is 3.54. The van der Waals surface area contributed by atoms with Crippen molar-refractivity contribution >= 4 is 28.4 Å². The molecule has 0 bridgehead atoms. The Kier molecular flexibility index (Phi) is 4.85. The lowest BCUT2D eigenvalue weighted by Crippen LogP contribution is -2.28. The van der Waals surface area contributed by atoms with Crippen LogP contribution in [0.2, 0.25) is 5.02 Å². The van der Waals surface area contributed by atoms with E-state index >= 15 is 0 Å². The Hall–Kier alpha value is -2.34. The largest absolute Gasteiger partial charge is 0.361 e. The molecule has 2 aromatic heterocycles. The summed E-state index contributed by atoms with van der Waals surface area (Å²) in [4.78, 5) is 15.3. The molecule has 0 aliphatic rings. The van der Waals surface area contributed by atoms with Crippen molar-refractivity contribution in [2.45, 2.75) is 26.3 Å². The van der Waals surface area contributed by atoms with Crippen LogP contribution >= 0.6 is 11.6 Å². The Morgan fingerprint density at radius 3 is 3.08 bits per heavy atom. The minimum Gasteiger partial charge on any atom is -0.361 e. The standard InChI is InChI=1S/C17H18ClFN4O/c1-2-7-23-16(4-6-22-23)17(24)20-5-3-11-10-21-15-9-14(19)13(18)8-12(11)15/h4,6,8-10,21H,2-3,5,7H2,1H3,(H,20,24). The number of hydrogen-bond donors (Lipinski definition) is 2. The Balaban J connectivity index is 1.65. The summed E-state index contributed by atoms with van der Waals surface area (Å²) in [5.41, 5.74) is 2.23. The van der Waals surface area contributed by atoms with Gasteiger partial charge in [-0.2, -0.15) is 5.10 Å². The molecule has 1 aromatic carbocycles. The number of benzene rings is 1. The van der Waals surface area contributed by atoms with Crippen molar-refractivity contribution in [1.82, 2.24) is 20.1 Å². The first-order valence-electron chi connectivity index (χ1n) is 7.85. The summed E-state index contributed by atoms with van der Waals surface area (Å²) < 4.78 is 15.2. The van der Waals surface area contributed by atoms with Gasteiger partial charge in [-0.3, -0.25) is 9.48 Å². The van der Waals surface area contributed by atoms with Crippen molar-refractivity contribution in [2.24, 2.45) is 0 Å². The number of carbonyl (C=O) groups is 1. The highest BCUT2D eigenvalue weighted by molar-refractivity contribution is 6.31. The minimum absolute atomic E-state index is 0.0934. The van der Waals surface area contributed by atoms with Crippen molar-refractivity contribution in [3.8, 4) is 0 Å². The third-order valence-corrected chi connectivity index (χ3v) is 4.16. The maximum Gasteiger partial charge on any atom is 0.269 e. The monoisotopic (exact) mass is 348 g/mol. The highest BCUT2D eigenvalue weighted by Crippen LogP contribution is 2.25. The fourth-order valence-corrected chi connectivity index (χ4v) is 2.86. The summed E-state index contributed by atoms with van der Waals surface area (Å²) in [6.07, 6.45) is 4.97. The number of H-pyrrole nitrogens is 1. The molecular formula is C17H18ClFN4O. The van der Waals surface area contributed by atoms with Gasteiger partial charge < -0.3 is 10.3 Å². The smallest absolute Gasteiger partial charge is 0.269 e. The van der Waals surface area contributed by atoms with Crippen molar-refractivity contribution < 1.29 is 9.18 Å². The fraction of sp³-hybridized carbons (Fsp3) is 0.294. The third-order valence-electron chi connectivity index (χ3n) is 3.87. The van der Waals surface area contributed by atoms with E-state index < -0.39 is 5.82 Å². The van der Waals surface area contributed by atoms with Crippen LogP contribution in [-0.2, 0) is 13.0 Å². The highest BCUT2D eigenvalue weighted by Gasteiger charge is 2.12. The van der Waals surface area contributed by atoms with Gasteiger partial charge in [0.2, 0.25) is 0 Å². The van der Waals surface area contributed by atoms with Gasteiger partial charge >= 0.3 is 0 Å². The second-order valence-electron chi connectivity index (χ2n) is 5.57. The molecule has 0 saturated heterocycles. The average Bonchev–Trinajstić information content (AvgIpc) is 3.16. The van der Waals surface area contributed by atoms with Crippen LogP contribution in [-0.4, -0.2) is 27.2 Å². The molecular weight excluding hydrogens is 331 g/mol. The molecule has 0 unspecified atom stereocenters. The summed E-state index contributed by atoms with van der Waals surface area (Å²) in [5.74, 6) is -0.597. The lowest BCUT2D eigenvalue weighted by Gasteiger charge is -2.07. The van der Waals surface area contributed by atoms with Gasteiger partial charge in [0.15, 0.2) is 0 Å². The van der Waals surface area contributed by atoms with Gasteiger partial charge in [-0.05, 0) is 36.6 Å². The number of aromatic amines is 1. The Bertz CT molecular complexity index is 871. The van der Waals surface area contributed by atoms with Gasteiger partial charge in [-0.1, -0.05) is 18.5 Å². The summed E-state index contributed by atoms with van der Waals surface area (Å²) >= 11 is 5.85. The molecule has 0 aliphatic carbocycles. The van der Waals surface area contributed by atoms with Crippen LogP contribution in [0.3, 0.4) is 0 Å². The molecule has 7 heteroatoms. The maximum absolute atomic E-state index is 13.5. The molecule has 2 heterocycles. The molecule has 1 amide bonds. The lowest BCUT2D eigenvalue weighted by molar-refractivity contribution is 0.0943. The van der Waals surface area contributed by atoms with E-state index in [1.807, 2.05) is 13.1 Å². The van der Waals surface area contributed by atoms with Gasteiger partial charge in [0.05, 0.1) is 5.02 Å². The van der Waals surface area contributed by atoms with Crippen molar-refractivity contribution in [1.29, 1.82) is 0 Å². The summed E-state index contributed by atoms with van der Waals surface area (Å²) in [5, 5.41) is 8.00. The molecule has 0 spiro atoms. The normalized spacial score (nSPS) is 11.1. The van der Waals surface area contributed by atoms with E-state index in [0.29, 0.717) is 30.7 Å². The van der Waals surface area contributed by atoms with Gasteiger partial charge in [0, 0.05) is 36.4 Å². The molecule has 3 aromatic rings. The number of halogens is 2. The first kappa shape index (κ1) is 16.5. The van der Waals surface area contributed by atoms with E-state index in [9.17, 15) is 9.18 Å². The van der Waals surface area contributed by atoms with Crippen molar-refractivity contribution in [3.05, 3.63) is 52.7 Å². The Morgan fingerprint density at radius 2 is 2.29 bits per heavy atom. The number of nitrogens with zero attached hydrogens (tertiary/aromatic N) is 2. The van der Waals surface area contributed by atoms with Gasteiger partial charge in [0.1, 0.15) is 11.5 Å². The van der Waals surface area contributed by atoms with Crippen LogP contribution in [0.15, 0.2) is 30.6 Å². The van der Waals surface area contributed by atoms with Gasteiger partial charge in [-0.15, -0.1) is 0 Å². The van der Waals surface area contributed by atoms with Crippen LogP contribution in [0.4, 0.5) is 4.39 Å². The number of nitrogens with one attached hydrogen (secondary N) is 2. The molecule has 2 N–H and O–H groups in total. The highest BCUT2D eigenvalue weighted by atomic mass is 35.5. The van der Waals surface area contributed by atoms with Crippen LogP contribution in [0, 0.1) is 5.82 Å². The molecule has 24 heavy (non-hydrogen) atoms. The van der Waals surface area contributed by atoms with Crippen LogP contribution < -0.4 is 5.32 Å². The van der Waals surface area contributed by atoms with E-state index in [2.05, 4.69) is 15.4 Å². The number of amides is 1. The first-order chi connectivity index (χ1) is 11.6. The van der Waals surface area contributed by atoms with Crippen LogP contribution in [0.25, 0.3) is 10.9 Å². The Morgan fingerprint density at radius 1 is 1.46 bits per heavy atom. The molecule has 0 saturated carbocycles. The number of fused-ring (bicyclic) bond motifs is 1. The van der Waals surface area contributed by atoms with Gasteiger partial charge in [-0.25, -0.2) is 4.39 Å². The van der Waals surface area contributed by atoms with E-state index in [-0.39, 0.29) is 10.9 Å². The lowest BCUT2D eigenvalue weighted by atomic mass is 10.1. The molecule has 0 aliphatic heterocycles. The predicted molar refractivity (Wildman–Crippen MR) is 91.8 cm³/mol. The zero-order valence-electron chi connectivity index (χ0n) is 13.3. The third kappa shape index (κ3) is 3.28. The minimum atomic E-state index is -0.449. The van der Waals surface area contributed by atoms with E-state index in [0.717, 1.165) is 17.4 Å². The Labute approximate surface area is 143 Å². The average molecular weight is 349 g/mol. The number of carbonyl (C=O) groups excluding carboxylic acids is 1. The first-order valence-corrected chi connectivity index (χ1v) is 8.23. The topological polar surface area (TPSA) is 62.7 Å². The number of hydrogen-bond acceptors (Lipinski definition) is 2. The van der Waals surface area contributed by atoms with Crippen molar-refractivity contribution in [3.63, 3.8) is 0 Å². The molecule has 126 valence electrons. The molecule has 0 fully saturated rings. The van der Waals surface area contributed by atoms with Crippen LogP contribution in [0.1, 0.15) is 29.4 Å². The molecule has 0 atom stereocenters. The fourth-order valence-electron chi connectivity index (χ4n) is 2.70. The molecule has 3 rings (SSSR count). The summed E-state index contributed by atoms with van der Waals surface area (Å²) in [6, 6.07) is 4.69. The number of aromatic nitrogens is 3. The van der Waals surface area contributed by atoms with Gasteiger partial charge in [0.25, 0.3) is 5.91 Å². The van der Waals surface area contributed by atoms with E-state index in [1.165, 1.54) is 6.07 Å². The maximum atomic E-state index is 13.5. The summed E-state index contributed by atoms with van der Waals surface area (Å²) in [7, 11) is 0. The number of aryl methyl sites for hydroxylation is 1. The second kappa shape index (κ2) is 7.05. The quantitative estimate of drug-likeness (QED) is 0.715. The zero-order valence-corrected chi connectivity index (χ0v) is 14.0. The zero-order chi connectivity index (χ0) is 17.1. The molecule has 0 radical (unpaired) electrons. The summed E-state index contributed by atoms with van der Waals surface area (Å²) in [6.45, 7) is 3.22. The molecule has 5 nitrogen and oxygen atoms in total. The second-order valence-corrected chi connectivity index (χ2v) is 5.98. The number of rotatable bonds is 6.